The van der Waals surface area contributed by atoms with Crippen LogP contribution in [0, 0.1) is 5.21 Å². The Kier molecular flexibility index (Phi) is 10.1. The second-order valence-electron chi connectivity index (χ2n) is 22.2. The number of fused-ring (bicyclic) bond motifs is 4. The number of rotatable bonds is 11. The monoisotopic (exact) mass is 819 g/mol. The van der Waals surface area contributed by atoms with Crippen LogP contribution in [0.25, 0.3) is 0 Å². The maximum absolute atomic E-state index is 15.0. The Labute approximate surface area is 348 Å². The van der Waals surface area contributed by atoms with Crippen molar-refractivity contribution in [1.29, 1.82) is 0 Å². The van der Waals surface area contributed by atoms with Crippen molar-refractivity contribution in [2.75, 3.05) is 0 Å². The van der Waals surface area contributed by atoms with Crippen molar-refractivity contribution >= 4 is 27.7 Å². The molecule has 3 heteroatoms. The van der Waals surface area contributed by atoms with Crippen LogP contribution in [0.2, 0.25) is 0 Å². The van der Waals surface area contributed by atoms with E-state index in [1.165, 1.54) is 30.4 Å². The standard InChI is InChI=1S/C53H78GeNO/c1-17-50(18-2)31-46(9,10)40-35(50)29-36-41(47(11,12)32-51(36,19-3)20-4)44(40)54(39-27-25-26-28-55(39)56)45-42-37(52(21-5,22-6)33-48(42,13)14)30-38-43(45)49(15,16)34-53(38,23-7)24-8/h25-30H,17-24,31-34H2,1-16H3. The first-order valence-electron chi connectivity index (χ1n) is 23.2. The van der Waals surface area contributed by atoms with Crippen molar-refractivity contribution in [2.45, 2.75) is 231 Å². The van der Waals surface area contributed by atoms with E-state index in [0.29, 0.717) is 0 Å². The molecule has 0 atom stereocenters. The Balaban J connectivity index is 1.82. The molecule has 2 aromatic carbocycles. The first-order valence-corrected chi connectivity index (χ1v) is 26.3. The van der Waals surface area contributed by atoms with Crippen LogP contribution in [0.3, 0.4) is 0 Å². The third kappa shape index (κ3) is 5.47. The van der Waals surface area contributed by atoms with Crippen molar-refractivity contribution in [1.82, 2.24) is 0 Å². The van der Waals surface area contributed by atoms with Gasteiger partial charge in [0.25, 0.3) is 0 Å². The van der Waals surface area contributed by atoms with E-state index in [9.17, 15) is 5.21 Å². The summed E-state index contributed by atoms with van der Waals surface area (Å²) in [6.45, 7) is 40.4. The van der Waals surface area contributed by atoms with Crippen molar-refractivity contribution in [3.8, 4) is 0 Å². The van der Waals surface area contributed by atoms with Crippen LogP contribution < -0.4 is 18.0 Å². The number of pyridine rings is 1. The molecule has 4 aliphatic carbocycles. The minimum absolute atomic E-state index is 0.00553. The Morgan fingerprint density at radius 2 is 0.732 bits per heavy atom. The molecule has 0 bridgehead atoms. The summed E-state index contributed by atoms with van der Waals surface area (Å²) in [6, 6.07) is 12.1. The van der Waals surface area contributed by atoms with Gasteiger partial charge in [0, 0.05) is 0 Å². The van der Waals surface area contributed by atoms with E-state index in [1.54, 1.807) is 53.3 Å². The molecule has 0 unspecified atom stereocenters. The molecule has 0 fully saturated rings. The molecule has 56 heavy (non-hydrogen) atoms. The van der Waals surface area contributed by atoms with Crippen molar-refractivity contribution in [3.05, 3.63) is 86.2 Å². The Hall–Kier alpha value is -2.07. The molecular weight excluding hydrogens is 739 g/mol. The van der Waals surface area contributed by atoms with E-state index in [1.807, 2.05) is 12.3 Å². The number of aromatic nitrogens is 1. The summed E-state index contributed by atoms with van der Waals surface area (Å²) in [6.07, 6.45) is 15.9. The van der Waals surface area contributed by atoms with Crippen LogP contribution in [-0.2, 0) is 43.3 Å². The van der Waals surface area contributed by atoms with Crippen LogP contribution in [0.4, 0.5) is 0 Å². The topological polar surface area (TPSA) is 26.9 Å². The van der Waals surface area contributed by atoms with E-state index in [2.05, 4.69) is 135 Å². The fourth-order valence-electron chi connectivity index (χ4n) is 15.0. The van der Waals surface area contributed by atoms with E-state index in [4.69, 9.17) is 0 Å². The Morgan fingerprint density at radius 3 is 0.964 bits per heavy atom. The van der Waals surface area contributed by atoms with Gasteiger partial charge in [-0.2, -0.15) is 0 Å². The van der Waals surface area contributed by atoms with Crippen molar-refractivity contribution < 1.29 is 4.73 Å². The van der Waals surface area contributed by atoms with Gasteiger partial charge in [-0.25, -0.2) is 0 Å². The number of nitrogens with zero attached hydrogens (tertiary/aromatic N) is 1. The molecule has 1 aromatic heterocycles. The number of hydrogen-bond acceptors (Lipinski definition) is 1. The molecule has 0 aliphatic heterocycles. The van der Waals surface area contributed by atoms with Crippen LogP contribution >= 0.6 is 0 Å². The summed E-state index contributed by atoms with van der Waals surface area (Å²) in [4.78, 5) is 0. The molecule has 1 radical (unpaired) electrons. The summed E-state index contributed by atoms with van der Waals surface area (Å²) in [5.74, 6) is 0. The third-order valence-corrected chi connectivity index (χ3v) is 23.8. The normalized spacial score (nSPS) is 23.2. The number of hydrogen-bond donors (Lipinski definition) is 0. The van der Waals surface area contributed by atoms with Crippen LogP contribution in [0.5, 0.6) is 0 Å². The molecular formula is C53H78GeNO. The zero-order valence-corrected chi connectivity index (χ0v) is 40.9. The summed E-state index contributed by atoms with van der Waals surface area (Å²) < 4.78 is 5.83. The average Bonchev–Trinajstić information content (AvgIpc) is 3.74. The molecule has 7 rings (SSSR count). The van der Waals surface area contributed by atoms with E-state index >= 15 is 0 Å². The Morgan fingerprint density at radius 1 is 0.464 bits per heavy atom. The Bertz CT molecular complexity index is 1790. The molecule has 305 valence electrons. The second-order valence-corrected chi connectivity index (χ2v) is 26.9. The fraction of sp³-hybridized carbons (Fsp3) is 0.679. The van der Waals surface area contributed by atoms with Gasteiger partial charge in [-0.15, -0.1) is 0 Å². The summed E-state index contributed by atoms with van der Waals surface area (Å²) >= 11 is -3.00. The molecule has 0 saturated heterocycles. The zero-order chi connectivity index (χ0) is 41.2. The quantitative estimate of drug-likeness (QED) is 0.108. The SMILES string of the molecule is CCC1(CC)CC(C)(C)c2c1cc1c([c]2[Ge]([c]2c3c(cc4c2C(C)(C)CC4(CC)CC)C(CC)(CC)CC3(C)C)[c]2cccc[n+]2[O-])C(C)(C)CC1(CC)CC. The van der Waals surface area contributed by atoms with Gasteiger partial charge in [-0.3, -0.25) is 0 Å². The summed E-state index contributed by atoms with van der Waals surface area (Å²) in [7, 11) is 0. The van der Waals surface area contributed by atoms with Gasteiger partial charge < -0.3 is 0 Å². The molecule has 1 heterocycles. The van der Waals surface area contributed by atoms with Gasteiger partial charge in [-0.1, -0.05) is 0 Å². The van der Waals surface area contributed by atoms with Crippen LogP contribution in [-0.4, -0.2) is 14.3 Å². The van der Waals surface area contributed by atoms with Gasteiger partial charge in [-0.05, 0) is 0 Å². The van der Waals surface area contributed by atoms with Crippen molar-refractivity contribution in [3.63, 3.8) is 0 Å². The number of benzene rings is 2. The van der Waals surface area contributed by atoms with E-state index < -0.39 is 14.3 Å². The predicted molar refractivity (Wildman–Crippen MR) is 243 cm³/mol. The summed E-state index contributed by atoms with van der Waals surface area (Å²) in [5, 5.41) is 15.0. The van der Waals surface area contributed by atoms with E-state index in [-0.39, 0.29) is 43.3 Å². The molecule has 4 aliphatic rings. The average molecular weight is 818 g/mol. The second kappa shape index (κ2) is 13.5. The molecule has 3 aromatic rings. The fourth-order valence-corrected chi connectivity index (χ4v) is 23.8. The maximum atomic E-state index is 15.0. The van der Waals surface area contributed by atoms with E-state index in [0.717, 1.165) is 55.9 Å². The first kappa shape index (κ1) is 42.1. The molecule has 0 saturated carbocycles. The van der Waals surface area contributed by atoms with Gasteiger partial charge in [0.1, 0.15) is 0 Å². The summed E-state index contributed by atoms with van der Waals surface area (Å²) in [5.41, 5.74) is 13.8. The van der Waals surface area contributed by atoms with Crippen LogP contribution in [0.15, 0.2) is 36.5 Å². The van der Waals surface area contributed by atoms with Gasteiger partial charge >= 0.3 is 350 Å². The molecule has 2 nitrogen and oxygen atoms in total. The molecule has 0 N–H and O–H groups in total. The van der Waals surface area contributed by atoms with Gasteiger partial charge in [0.15, 0.2) is 0 Å². The minimum atomic E-state index is -3.00. The zero-order valence-electron chi connectivity index (χ0n) is 38.8. The third-order valence-electron chi connectivity index (χ3n) is 17.8. The van der Waals surface area contributed by atoms with Crippen LogP contribution in [0.1, 0.15) is 232 Å². The van der Waals surface area contributed by atoms with Crippen molar-refractivity contribution in [2.24, 2.45) is 0 Å². The molecule has 0 amide bonds. The van der Waals surface area contributed by atoms with Gasteiger partial charge in [0.05, 0.1) is 0 Å². The van der Waals surface area contributed by atoms with Gasteiger partial charge in [0.2, 0.25) is 0 Å². The first-order chi connectivity index (χ1) is 26.1. The molecule has 0 spiro atoms. The predicted octanol–water partition coefficient (Wildman–Crippen LogP) is 11.8.